The molecular weight excluding hydrogens is 390 g/mol. The molecule has 0 aliphatic carbocycles. The van der Waals surface area contributed by atoms with Crippen LogP contribution < -0.4 is 9.47 Å². The largest absolute Gasteiger partial charge is 0.493 e. The van der Waals surface area contributed by atoms with Crippen LogP contribution in [0.2, 0.25) is 0 Å². The molecule has 0 saturated carbocycles. The molecule has 0 aromatic heterocycles. The zero-order valence-corrected chi connectivity index (χ0v) is 18.4. The van der Waals surface area contributed by atoms with Crippen molar-refractivity contribution in [2.75, 3.05) is 20.1 Å². The zero-order valence-electron chi connectivity index (χ0n) is 16.8. The molecule has 0 fully saturated rings. The number of benzene rings is 2. The van der Waals surface area contributed by atoms with E-state index in [0.717, 1.165) is 42.6 Å². The number of aryl methyl sites for hydroxylation is 1. The Morgan fingerprint density at radius 2 is 1.64 bits per heavy atom. The first kappa shape index (κ1) is 22.5. The summed E-state index contributed by atoms with van der Waals surface area (Å²) in [6, 6.07) is 16.7. The van der Waals surface area contributed by atoms with Crippen LogP contribution in [-0.2, 0) is 4.75 Å². The van der Waals surface area contributed by atoms with Gasteiger partial charge in [0.05, 0.1) is 20.3 Å². The van der Waals surface area contributed by atoms with E-state index < -0.39 is 4.75 Å². The van der Waals surface area contributed by atoms with Crippen LogP contribution >= 0.6 is 23.4 Å². The first-order valence-corrected chi connectivity index (χ1v) is 10.9. The Labute approximate surface area is 178 Å². The number of unbranched alkanes of at least 4 members (excludes halogenated alkanes) is 3. The minimum Gasteiger partial charge on any atom is -0.493 e. The fourth-order valence-electron chi connectivity index (χ4n) is 3.11. The molecule has 150 valence electrons. The van der Waals surface area contributed by atoms with Gasteiger partial charge in [-0.25, -0.2) is 0 Å². The molecule has 0 aliphatic rings. The highest BCUT2D eigenvalue weighted by atomic mass is 35.5. The molecule has 5 heteroatoms. The quantitative estimate of drug-likeness (QED) is 0.231. The molecule has 1 atom stereocenters. The Kier molecular flexibility index (Phi) is 9.02. The molecule has 0 heterocycles. The molecule has 0 spiro atoms. The van der Waals surface area contributed by atoms with E-state index in [1.54, 1.807) is 26.0 Å². The lowest BCUT2D eigenvalue weighted by Crippen LogP contribution is -2.20. The predicted octanol–water partition coefficient (Wildman–Crippen LogP) is 6.71. The van der Waals surface area contributed by atoms with Crippen LogP contribution in [0.25, 0.3) is 0 Å². The lowest BCUT2D eigenvalue weighted by Gasteiger charge is -2.27. The molecule has 3 nitrogen and oxygen atoms in total. The Balaban J connectivity index is 2.35. The standard InChI is InChI=1S/C23H28ClNO2S/c1-18-8-11-20(12-9-18)28-23(17-25,14-6-4-5-7-15-24)19-10-13-21(26-2)22(16-19)27-3/h8-13,16H,4-7,14-15H2,1-3H3. The van der Waals surface area contributed by atoms with Crippen molar-refractivity contribution in [1.29, 1.82) is 5.26 Å². The highest BCUT2D eigenvalue weighted by molar-refractivity contribution is 8.00. The van der Waals surface area contributed by atoms with Crippen molar-refractivity contribution in [2.45, 2.75) is 48.7 Å². The zero-order chi connectivity index (χ0) is 20.4. The second kappa shape index (κ2) is 11.2. The Morgan fingerprint density at radius 1 is 0.964 bits per heavy atom. The predicted molar refractivity (Wildman–Crippen MR) is 118 cm³/mol. The summed E-state index contributed by atoms with van der Waals surface area (Å²) in [4.78, 5) is 1.09. The summed E-state index contributed by atoms with van der Waals surface area (Å²) in [5.41, 5.74) is 2.15. The fraction of sp³-hybridized carbons (Fsp3) is 0.435. The Bertz CT molecular complexity index is 788. The van der Waals surface area contributed by atoms with Gasteiger partial charge in [0, 0.05) is 10.8 Å². The first-order chi connectivity index (χ1) is 13.6. The molecule has 2 rings (SSSR count). The highest BCUT2D eigenvalue weighted by Crippen LogP contribution is 2.47. The van der Waals surface area contributed by atoms with Gasteiger partial charge in [0.2, 0.25) is 0 Å². The second-order valence-electron chi connectivity index (χ2n) is 6.78. The number of alkyl halides is 1. The van der Waals surface area contributed by atoms with Crippen LogP contribution in [0.1, 0.15) is 43.2 Å². The van der Waals surface area contributed by atoms with E-state index in [1.807, 2.05) is 18.2 Å². The maximum Gasteiger partial charge on any atom is 0.161 e. The van der Waals surface area contributed by atoms with Gasteiger partial charge in [-0.2, -0.15) is 5.26 Å². The smallest absolute Gasteiger partial charge is 0.161 e. The maximum atomic E-state index is 10.3. The van der Waals surface area contributed by atoms with E-state index in [4.69, 9.17) is 21.1 Å². The normalized spacial score (nSPS) is 12.8. The van der Waals surface area contributed by atoms with Crippen molar-refractivity contribution in [3.8, 4) is 17.6 Å². The van der Waals surface area contributed by atoms with Gasteiger partial charge in [-0.05, 0) is 49.6 Å². The summed E-state index contributed by atoms with van der Waals surface area (Å²) >= 11 is 7.40. The molecular formula is C23H28ClNO2S. The van der Waals surface area contributed by atoms with Crippen molar-refractivity contribution in [2.24, 2.45) is 0 Å². The van der Waals surface area contributed by atoms with E-state index in [1.165, 1.54) is 5.56 Å². The van der Waals surface area contributed by atoms with Gasteiger partial charge in [0.25, 0.3) is 0 Å². The molecule has 0 radical (unpaired) electrons. The summed E-state index contributed by atoms with van der Waals surface area (Å²) in [5, 5.41) is 10.3. The average molecular weight is 418 g/mol. The first-order valence-electron chi connectivity index (χ1n) is 9.54. The molecule has 28 heavy (non-hydrogen) atoms. The van der Waals surface area contributed by atoms with Gasteiger partial charge in [0.15, 0.2) is 11.5 Å². The number of hydrogen-bond acceptors (Lipinski definition) is 4. The number of halogens is 1. The second-order valence-corrected chi connectivity index (χ2v) is 8.53. The Hall–Kier alpha value is -1.83. The van der Waals surface area contributed by atoms with Crippen LogP contribution in [0, 0.1) is 18.3 Å². The highest BCUT2D eigenvalue weighted by Gasteiger charge is 2.34. The number of hydrogen-bond donors (Lipinski definition) is 0. The fourth-order valence-corrected chi connectivity index (χ4v) is 4.51. The van der Waals surface area contributed by atoms with Crippen LogP contribution in [0.3, 0.4) is 0 Å². The van der Waals surface area contributed by atoms with Crippen molar-refractivity contribution >= 4 is 23.4 Å². The van der Waals surface area contributed by atoms with Crippen molar-refractivity contribution in [3.05, 3.63) is 53.6 Å². The van der Waals surface area contributed by atoms with Crippen LogP contribution in [0.5, 0.6) is 11.5 Å². The van der Waals surface area contributed by atoms with Crippen molar-refractivity contribution in [1.82, 2.24) is 0 Å². The van der Waals surface area contributed by atoms with Gasteiger partial charge < -0.3 is 9.47 Å². The summed E-state index contributed by atoms with van der Waals surface area (Å²) in [7, 11) is 3.24. The summed E-state index contributed by atoms with van der Waals surface area (Å²) in [5.74, 6) is 2.00. The molecule has 0 saturated heterocycles. The van der Waals surface area contributed by atoms with Crippen molar-refractivity contribution < 1.29 is 9.47 Å². The van der Waals surface area contributed by atoms with Crippen LogP contribution in [0.15, 0.2) is 47.4 Å². The van der Waals surface area contributed by atoms with Gasteiger partial charge in [0.1, 0.15) is 4.75 Å². The third kappa shape index (κ3) is 5.83. The summed E-state index contributed by atoms with van der Waals surface area (Å²) in [6.45, 7) is 2.07. The molecule has 0 amide bonds. The van der Waals surface area contributed by atoms with Gasteiger partial charge in [-0.1, -0.05) is 54.8 Å². The Morgan fingerprint density at radius 3 is 2.25 bits per heavy atom. The molecule has 2 aromatic carbocycles. The maximum absolute atomic E-state index is 10.3. The number of methoxy groups -OCH3 is 2. The number of ether oxygens (including phenoxy) is 2. The van der Waals surface area contributed by atoms with E-state index in [0.29, 0.717) is 17.4 Å². The lowest BCUT2D eigenvalue weighted by molar-refractivity contribution is 0.354. The SMILES string of the molecule is COc1ccc(C(C#N)(CCCCCCCl)Sc2ccc(C)cc2)cc1OC. The molecule has 1 unspecified atom stereocenters. The third-order valence-corrected chi connectivity index (χ3v) is 6.41. The topological polar surface area (TPSA) is 42.2 Å². The minimum atomic E-state index is -0.685. The average Bonchev–Trinajstić information content (AvgIpc) is 2.73. The number of nitriles is 1. The van der Waals surface area contributed by atoms with Gasteiger partial charge in [-0.15, -0.1) is 11.6 Å². The summed E-state index contributed by atoms with van der Waals surface area (Å²) in [6.07, 6.45) is 4.91. The molecule has 0 bridgehead atoms. The molecule has 2 aromatic rings. The van der Waals surface area contributed by atoms with Crippen molar-refractivity contribution in [3.63, 3.8) is 0 Å². The third-order valence-electron chi connectivity index (χ3n) is 4.76. The minimum absolute atomic E-state index is 0.645. The molecule has 0 aliphatic heterocycles. The monoisotopic (exact) mass is 417 g/mol. The number of thioether (sulfide) groups is 1. The van der Waals surface area contributed by atoms with Gasteiger partial charge in [-0.3, -0.25) is 0 Å². The van der Waals surface area contributed by atoms with Crippen LogP contribution in [-0.4, -0.2) is 20.1 Å². The molecule has 0 N–H and O–H groups in total. The van der Waals surface area contributed by atoms with Gasteiger partial charge >= 0.3 is 0 Å². The van der Waals surface area contributed by atoms with E-state index in [2.05, 4.69) is 37.3 Å². The lowest BCUT2D eigenvalue weighted by atomic mass is 9.92. The van der Waals surface area contributed by atoms with E-state index in [9.17, 15) is 5.26 Å². The van der Waals surface area contributed by atoms with E-state index >= 15 is 0 Å². The number of nitrogens with zero attached hydrogens (tertiary/aromatic N) is 1. The summed E-state index contributed by atoms with van der Waals surface area (Å²) < 4.78 is 10.2. The van der Waals surface area contributed by atoms with E-state index in [-0.39, 0.29) is 0 Å². The number of rotatable bonds is 11. The van der Waals surface area contributed by atoms with Crippen LogP contribution in [0.4, 0.5) is 0 Å².